The maximum atomic E-state index is 5.50. The predicted octanol–water partition coefficient (Wildman–Crippen LogP) is 3.02. The number of rotatable bonds is 5. The van der Waals surface area contributed by atoms with E-state index >= 15 is 0 Å². The molecule has 0 amide bonds. The molecule has 96 valence electrons. The summed E-state index contributed by atoms with van der Waals surface area (Å²) in [5, 5.41) is 4.35. The van der Waals surface area contributed by atoms with E-state index in [0.29, 0.717) is 12.5 Å². The lowest BCUT2D eigenvalue weighted by atomic mass is 10.0. The normalized spacial score (nSPS) is 11.1. The number of aromatic nitrogens is 2. The Hall–Kier alpha value is -1.61. The Balaban J connectivity index is 2.13. The van der Waals surface area contributed by atoms with Gasteiger partial charge in [-0.15, -0.1) is 0 Å². The third-order valence-electron chi connectivity index (χ3n) is 3.14. The van der Waals surface area contributed by atoms with Crippen LogP contribution in [0.4, 0.5) is 0 Å². The highest BCUT2D eigenvalue weighted by molar-refractivity contribution is 5.62. The molecule has 0 radical (unpaired) electrons. The van der Waals surface area contributed by atoms with Crippen LogP contribution in [0.5, 0.6) is 0 Å². The molecule has 1 heterocycles. The van der Waals surface area contributed by atoms with Crippen molar-refractivity contribution in [2.45, 2.75) is 32.7 Å². The minimum absolute atomic E-state index is 0.575. The summed E-state index contributed by atoms with van der Waals surface area (Å²) >= 11 is 0. The fraction of sp³-hybridized carbons (Fsp3) is 0.400. The molecule has 1 aromatic heterocycles. The zero-order chi connectivity index (χ0) is 13.0. The molecule has 0 spiro atoms. The maximum absolute atomic E-state index is 5.50. The number of aryl methyl sites for hydroxylation is 1. The molecule has 0 bridgehead atoms. The molecule has 1 aromatic carbocycles. The lowest BCUT2D eigenvalue weighted by Crippen LogP contribution is -2.05. The van der Waals surface area contributed by atoms with Crippen molar-refractivity contribution in [2.75, 3.05) is 6.54 Å². The van der Waals surface area contributed by atoms with Crippen LogP contribution in [0, 0.1) is 0 Å². The molecule has 3 nitrogen and oxygen atoms in total. The first kappa shape index (κ1) is 12.8. The van der Waals surface area contributed by atoms with Crippen LogP contribution >= 0.6 is 0 Å². The van der Waals surface area contributed by atoms with E-state index in [1.807, 2.05) is 10.9 Å². The Labute approximate surface area is 109 Å². The molecule has 0 aliphatic heterocycles. The Morgan fingerprint density at radius 1 is 1.17 bits per heavy atom. The van der Waals surface area contributed by atoms with Crippen LogP contribution in [0.25, 0.3) is 11.1 Å². The molecule has 2 aromatic rings. The van der Waals surface area contributed by atoms with Crippen molar-refractivity contribution in [3.63, 3.8) is 0 Å². The molecule has 0 fully saturated rings. The summed E-state index contributed by atoms with van der Waals surface area (Å²) in [7, 11) is 0. The van der Waals surface area contributed by atoms with Gasteiger partial charge < -0.3 is 5.73 Å². The van der Waals surface area contributed by atoms with E-state index in [0.717, 1.165) is 13.0 Å². The summed E-state index contributed by atoms with van der Waals surface area (Å²) in [6, 6.07) is 8.72. The van der Waals surface area contributed by atoms with Crippen LogP contribution in [0.3, 0.4) is 0 Å². The second kappa shape index (κ2) is 5.83. The van der Waals surface area contributed by atoms with Gasteiger partial charge in [-0.25, -0.2) is 0 Å². The largest absolute Gasteiger partial charge is 0.330 e. The lowest BCUT2D eigenvalue weighted by molar-refractivity contribution is 0.585. The first-order valence-electron chi connectivity index (χ1n) is 6.53. The third-order valence-corrected chi connectivity index (χ3v) is 3.14. The Morgan fingerprint density at radius 3 is 2.50 bits per heavy atom. The summed E-state index contributed by atoms with van der Waals surface area (Å²) in [5.41, 5.74) is 9.26. The SMILES string of the molecule is CC(C)c1ccc(-c2cnn(CCCN)c2)cc1. The van der Waals surface area contributed by atoms with Gasteiger partial charge in [0.25, 0.3) is 0 Å². The number of benzene rings is 1. The van der Waals surface area contributed by atoms with Crippen molar-refractivity contribution < 1.29 is 0 Å². The summed E-state index contributed by atoms with van der Waals surface area (Å²) < 4.78 is 1.96. The molecule has 0 saturated heterocycles. The Morgan fingerprint density at radius 2 is 1.89 bits per heavy atom. The van der Waals surface area contributed by atoms with E-state index in [-0.39, 0.29) is 0 Å². The van der Waals surface area contributed by atoms with Crippen LogP contribution in [-0.4, -0.2) is 16.3 Å². The number of hydrogen-bond donors (Lipinski definition) is 1. The average Bonchev–Trinajstić information content (AvgIpc) is 2.85. The van der Waals surface area contributed by atoms with Gasteiger partial charge in [-0.3, -0.25) is 4.68 Å². The van der Waals surface area contributed by atoms with Gasteiger partial charge in [0, 0.05) is 18.3 Å². The van der Waals surface area contributed by atoms with Gasteiger partial charge in [0.2, 0.25) is 0 Å². The molecular formula is C15H21N3. The monoisotopic (exact) mass is 243 g/mol. The maximum Gasteiger partial charge on any atom is 0.0568 e. The molecule has 0 unspecified atom stereocenters. The van der Waals surface area contributed by atoms with Crippen molar-refractivity contribution in [3.05, 3.63) is 42.2 Å². The van der Waals surface area contributed by atoms with E-state index in [2.05, 4.69) is 49.4 Å². The van der Waals surface area contributed by atoms with Gasteiger partial charge >= 0.3 is 0 Å². The third kappa shape index (κ3) is 2.99. The molecule has 0 atom stereocenters. The van der Waals surface area contributed by atoms with E-state index in [1.165, 1.54) is 16.7 Å². The predicted molar refractivity (Wildman–Crippen MR) is 75.4 cm³/mol. The molecular weight excluding hydrogens is 222 g/mol. The fourth-order valence-electron chi connectivity index (χ4n) is 1.95. The fourth-order valence-corrected chi connectivity index (χ4v) is 1.95. The minimum Gasteiger partial charge on any atom is -0.330 e. The molecule has 0 saturated carbocycles. The van der Waals surface area contributed by atoms with E-state index in [4.69, 9.17) is 5.73 Å². The second-order valence-electron chi connectivity index (χ2n) is 4.91. The zero-order valence-electron chi connectivity index (χ0n) is 11.1. The van der Waals surface area contributed by atoms with Gasteiger partial charge in [0.1, 0.15) is 0 Å². The highest BCUT2D eigenvalue weighted by atomic mass is 15.3. The van der Waals surface area contributed by atoms with Crippen LogP contribution in [0.2, 0.25) is 0 Å². The van der Waals surface area contributed by atoms with Gasteiger partial charge in [-0.2, -0.15) is 5.10 Å². The number of nitrogens with zero attached hydrogens (tertiary/aromatic N) is 2. The standard InChI is InChI=1S/C15H21N3/c1-12(2)13-4-6-14(7-5-13)15-10-17-18(11-15)9-3-8-16/h4-7,10-12H,3,8-9,16H2,1-2H3. The van der Waals surface area contributed by atoms with Crippen molar-refractivity contribution in [1.82, 2.24) is 9.78 Å². The minimum atomic E-state index is 0.575. The van der Waals surface area contributed by atoms with Crippen LogP contribution in [0.1, 0.15) is 31.7 Å². The van der Waals surface area contributed by atoms with Crippen molar-refractivity contribution in [2.24, 2.45) is 5.73 Å². The summed E-state index contributed by atoms with van der Waals surface area (Å²) in [6.45, 7) is 6.01. The zero-order valence-corrected chi connectivity index (χ0v) is 11.1. The van der Waals surface area contributed by atoms with Gasteiger partial charge in [0.05, 0.1) is 6.20 Å². The molecule has 2 N–H and O–H groups in total. The summed E-state index contributed by atoms with van der Waals surface area (Å²) in [5.74, 6) is 0.575. The van der Waals surface area contributed by atoms with E-state index in [1.54, 1.807) is 0 Å². The average molecular weight is 243 g/mol. The molecule has 3 heteroatoms. The number of hydrogen-bond acceptors (Lipinski definition) is 2. The lowest BCUT2D eigenvalue weighted by Gasteiger charge is -2.05. The molecule has 0 aliphatic rings. The van der Waals surface area contributed by atoms with Crippen LogP contribution in [0.15, 0.2) is 36.7 Å². The molecule has 18 heavy (non-hydrogen) atoms. The quantitative estimate of drug-likeness (QED) is 0.877. The van der Waals surface area contributed by atoms with Gasteiger partial charge in [-0.1, -0.05) is 38.1 Å². The van der Waals surface area contributed by atoms with E-state index < -0.39 is 0 Å². The summed E-state index contributed by atoms with van der Waals surface area (Å²) in [4.78, 5) is 0. The topological polar surface area (TPSA) is 43.8 Å². The van der Waals surface area contributed by atoms with E-state index in [9.17, 15) is 0 Å². The first-order chi connectivity index (χ1) is 8.70. The van der Waals surface area contributed by atoms with Crippen LogP contribution < -0.4 is 5.73 Å². The Bertz CT molecular complexity index is 483. The van der Waals surface area contributed by atoms with Gasteiger partial charge in [-0.05, 0) is 30.0 Å². The summed E-state index contributed by atoms with van der Waals surface area (Å²) in [6.07, 6.45) is 4.97. The highest BCUT2D eigenvalue weighted by Crippen LogP contribution is 2.22. The molecule has 2 rings (SSSR count). The van der Waals surface area contributed by atoms with Crippen molar-refractivity contribution >= 4 is 0 Å². The van der Waals surface area contributed by atoms with Crippen LogP contribution in [-0.2, 0) is 6.54 Å². The van der Waals surface area contributed by atoms with Crippen molar-refractivity contribution in [3.8, 4) is 11.1 Å². The highest BCUT2D eigenvalue weighted by Gasteiger charge is 2.03. The first-order valence-corrected chi connectivity index (χ1v) is 6.53. The van der Waals surface area contributed by atoms with Gasteiger partial charge in [0.15, 0.2) is 0 Å². The number of nitrogens with two attached hydrogens (primary N) is 1. The Kier molecular flexibility index (Phi) is 4.15. The smallest absolute Gasteiger partial charge is 0.0568 e. The molecule has 0 aliphatic carbocycles. The second-order valence-corrected chi connectivity index (χ2v) is 4.91. The van der Waals surface area contributed by atoms with Crippen molar-refractivity contribution in [1.29, 1.82) is 0 Å².